The normalized spacial score (nSPS) is 7.68. The van der Waals surface area contributed by atoms with Crippen molar-refractivity contribution in [3.8, 4) is 0 Å². The zero-order valence-electron chi connectivity index (χ0n) is 10.2. The van der Waals surface area contributed by atoms with Crippen LogP contribution in [0.3, 0.4) is 0 Å². The van der Waals surface area contributed by atoms with E-state index in [1.165, 1.54) is 12.5 Å². The van der Waals surface area contributed by atoms with Crippen LogP contribution in [-0.2, 0) is 26.5 Å². The van der Waals surface area contributed by atoms with Crippen molar-refractivity contribution in [2.75, 3.05) is 26.3 Å². The van der Waals surface area contributed by atoms with Crippen LogP contribution in [0.25, 0.3) is 0 Å². The molecular weight excluding hydrogens is 372 g/mol. The topological polar surface area (TPSA) is 42.5 Å². The molecule has 9 heteroatoms. The van der Waals surface area contributed by atoms with Gasteiger partial charge in [-0.2, -0.15) is 0 Å². The number of hydrogen-bond donors (Lipinski definition) is 4. The Balaban J connectivity index is -0.000000256. The first-order valence-electron chi connectivity index (χ1n) is 4.93. The average molecular weight is 390 g/mol. The number of thiol groups is 2. The molecule has 0 atom stereocenters. The Kier molecular flexibility index (Phi) is 25.9. The van der Waals surface area contributed by atoms with Crippen LogP contribution in [0, 0.1) is 0 Å². The smallest absolute Gasteiger partial charge is 0.130 e. The summed E-state index contributed by atoms with van der Waals surface area (Å²) < 4.78 is 10.6. The fourth-order valence-electron chi connectivity index (χ4n) is 0.600. The van der Waals surface area contributed by atoms with Gasteiger partial charge < -0.3 is 20.1 Å². The van der Waals surface area contributed by atoms with Gasteiger partial charge in [0.2, 0.25) is 0 Å². The molecule has 0 bridgehead atoms. The predicted molar refractivity (Wildman–Crippen MR) is 91.5 cm³/mol. The van der Waals surface area contributed by atoms with Crippen LogP contribution >= 0.6 is 49.7 Å². The fraction of sp³-hybridized carbons (Fsp3) is 0.400. The molecule has 4 nitrogen and oxygen atoms in total. The number of nitrogens with one attached hydrogen (secondary N) is 2. The molecule has 0 saturated heterocycles. The van der Waals surface area contributed by atoms with Crippen LogP contribution in [0.15, 0.2) is 25.7 Å². The minimum atomic E-state index is 0. The Labute approximate surface area is 147 Å². The Bertz CT molecular complexity index is 242. The number of ether oxygens (including phenoxy) is 2. The molecule has 115 valence electrons. The molecule has 0 saturated carbocycles. The molecule has 2 N–H and O–H groups in total. The maximum atomic E-state index is 4.79. The van der Waals surface area contributed by atoms with E-state index in [0.717, 1.165) is 0 Å². The second-order valence-corrected chi connectivity index (χ2v) is 4.85. The summed E-state index contributed by atoms with van der Waals surface area (Å²) in [6.45, 7) is 9.25. The van der Waals surface area contributed by atoms with Crippen molar-refractivity contribution in [1.29, 1.82) is 0 Å². The predicted octanol–water partition coefficient (Wildman–Crippen LogP) is 1.90. The molecule has 0 amide bonds. The Morgan fingerprint density at radius 3 is 1.47 bits per heavy atom. The molecule has 0 aliphatic heterocycles. The van der Waals surface area contributed by atoms with E-state index >= 15 is 0 Å². The molecular formula is C10H18CuN2O2S4. The number of rotatable bonds is 8. The molecule has 0 spiro atoms. The first-order valence-corrected chi connectivity index (χ1v) is 6.64. The van der Waals surface area contributed by atoms with Gasteiger partial charge in [-0.1, -0.05) is 37.6 Å². The van der Waals surface area contributed by atoms with Crippen molar-refractivity contribution < 1.29 is 26.5 Å². The Morgan fingerprint density at radius 2 is 1.26 bits per heavy atom. The third kappa shape index (κ3) is 32.0. The molecule has 0 fully saturated rings. The fourth-order valence-corrected chi connectivity index (χ4v) is 1.03. The van der Waals surface area contributed by atoms with Gasteiger partial charge in [0.05, 0.1) is 25.6 Å². The molecule has 0 aromatic carbocycles. The van der Waals surface area contributed by atoms with Crippen LogP contribution in [0.1, 0.15) is 0 Å². The minimum absolute atomic E-state index is 0. The monoisotopic (exact) mass is 389 g/mol. The van der Waals surface area contributed by atoms with Gasteiger partial charge in [-0.3, -0.25) is 0 Å². The molecule has 0 aliphatic rings. The van der Waals surface area contributed by atoms with Crippen LogP contribution in [-0.4, -0.2) is 34.9 Å². The number of thiocarbonyl (C=S) groups is 2. The van der Waals surface area contributed by atoms with Gasteiger partial charge >= 0.3 is 0 Å². The van der Waals surface area contributed by atoms with Gasteiger partial charge in [-0.15, -0.1) is 25.3 Å². The third-order valence-corrected chi connectivity index (χ3v) is 1.83. The van der Waals surface area contributed by atoms with Crippen molar-refractivity contribution in [2.45, 2.75) is 0 Å². The number of hydrogen-bond acceptors (Lipinski definition) is 4. The first-order chi connectivity index (χ1) is 8.54. The van der Waals surface area contributed by atoms with Crippen LogP contribution in [0.2, 0.25) is 0 Å². The van der Waals surface area contributed by atoms with Gasteiger partial charge in [-0.05, 0) is 0 Å². The minimum Gasteiger partial charge on any atom is -0.500 e. The zero-order valence-corrected chi connectivity index (χ0v) is 14.6. The van der Waals surface area contributed by atoms with Crippen molar-refractivity contribution in [3.63, 3.8) is 0 Å². The van der Waals surface area contributed by atoms with Gasteiger partial charge in [0.1, 0.15) is 21.9 Å². The summed E-state index contributed by atoms with van der Waals surface area (Å²) in [6.07, 6.45) is 2.78. The third-order valence-electron chi connectivity index (χ3n) is 1.23. The molecule has 19 heavy (non-hydrogen) atoms. The van der Waals surface area contributed by atoms with E-state index in [4.69, 9.17) is 9.47 Å². The van der Waals surface area contributed by atoms with Gasteiger partial charge in [0, 0.05) is 17.1 Å². The van der Waals surface area contributed by atoms with Crippen LogP contribution < -0.4 is 10.6 Å². The van der Waals surface area contributed by atoms with E-state index in [0.29, 0.717) is 34.9 Å². The standard InChI is InChI=1S/2C5H9NOS2.Cu/c2*1-2-7-4-3-6-5(8)9;/h2*2H,1,3-4H2,(H2,6,8,9);. The summed E-state index contributed by atoms with van der Waals surface area (Å²) >= 11 is 16.9. The maximum absolute atomic E-state index is 4.79. The molecule has 0 aromatic heterocycles. The van der Waals surface area contributed by atoms with Gasteiger partial charge in [-0.25, -0.2) is 0 Å². The van der Waals surface area contributed by atoms with Crippen LogP contribution in [0.5, 0.6) is 0 Å². The van der Waals surface area contributed by atoms with E-state index in [1.807, 2.05) is 0 Å². The summed E-state index contributed by atoms with van der Waals surface area (Å²) in [5.74, 6) is 0. The van der Waals surface area contributed by atoms with Crippen LogP contribution in [0.4, 0.5) is 0 Å². The molecule has 0 aliphatic carbocycles. The van der Waals surface area contributed by atoms with E-state index in [1.54, 1.807) is 0 Å². The Morgan fingerprint density at radius 1 is 0.947 bits per heavy atom. The Hall–Kier alpha value is 0.0795. The van der Waals surface area contributed by atoms with Crippen molar-refractivity contribution in [1.82, 2.24) is 10.6 Å². The van der Waals surface area contributed by atoms with E-state index in [2.05, 4.69) is 73.5 Å². The molecule has 0 unspecified atom stereocenters. The van der Waals surface area contributed by atoms with Crippen molar-refractivity contribution in [2.24, 2.45) is 0 Å². The molecule has 0 aromatic rings. The summed E-state index contributed by atoms with van der Waals surface area (Å²) in [7, 11) is 0. The molecule has 0 heterocycles. The summed E-state index contributed by atoms with van der Waals surface area (Å²) in [4.78, 5) is 0. The summed E-state index contributed by atoms with van der Waals surface area (Å²) in [5, 5.41) is 5.61. The average Bonchev–Trinajstić information content (AvgIpc) is 2.31. The van der Waals surface area contributed by atoms with Gasteiger partial charge in [0.25, 0.3) is 0 Å². The first kappa shape index (κ1) is 24.1. The van der Waals surface area contributed by atoms with E-state index in [-0.39, 0.29) is 17.1 Å². The SMILES string of the molecule is C=COCCNC(=S)S.C=COCCNC(=S)S.[Cu]. The summed E-state index contributed by atoms with van der Waals surface area (Å²) in [5.41, 5.74) is 0. The quantitative estimate of drug-likeness (QED) is 0.167. The molecule has 1 radical (unpaired) electrons. The molecule has 0 rings (SSSR count). The second-order valence-electron chi connectivity index (χ2n) is 2.54. The van der Waals surface area contributed by atoms with E-state index in [9.17, 15) is 0 Å². The van der Waals surface area contributed by atoms with Crippen molar-refractivity contribution in [3.05, 3.63) is 25.7 Å². The van der Waals surface area contributed by atoms with E-state index < -0.39 is 0 Å². The second kappa shape index (κ2) is 20.4. The largest absolute Gasteiger partial charge is 0.500 e. The summed E-state index contributed by atoms with van der Waals surface area (Å²) in [6, 6.07) is 0. The maximum Gasteiger partial charge on any atom is 0.130 e. The van der Waals surface area contributed by atoms with Gasteiger partial charge in [0.15, 0.2) is 0 Å². The van der Waals surface area contributed by atoms with Crippen molar-refractivity contribution >= 4 is 58.3 Å². The zero-order chi connectivity index (χ0) is 14.2.